The Bertz CT molecular complexity index is 2340. The fourth-order valence-electron chi connectivity index (χ4n) is 6.79. The van der Waals surface area contributed by atoms with Crippen LogP contribution in [-0.4, -0.2) is 90.7 Å². The molecule has 0 atom stereocenters. The molecule has 1 fully saturated rings. The number of likely N-dealkylation sites (N-methyl/N-ethyl adjacent to an activating group) is 1. The molecular weight excluding hydrogens is 717 g/mol. The third kappa shape index (κ3) is 6.60. The van der Waals surface area contributed by atoms with E-state index in [1.165, 1.54) is 11.2 Å². The SMILES string of the molecule is CCc1c(N2CCN(C(=O)c3ncnc(C)c3O)CC2)c(=O)n2nc(-c3ccc4c(c3)CCN4C)nc2n1CC(=O)Nc1ccc(C(F)(F)F)cc1Cl. The highest BCUT2D eigenvalue weighted by atomic mass is 35.5. The summed E-state index contributed by atoms with van der Waals surface area (Å²) in [5.41, 5.74) is 2.33. The number of aryl methyl sites for hydroxylation is 1. The van der Waals surface area contributed by atoms with Crippen LogP contribution in [0.15, 0.2) is 47.5 Å². The summed E-state index contributed by atoms with van der Waals surface area (Å²) in [7, 11) is 2.01. The van der Waals surface area contributed by atoms with Crippen LogP contribution in [0.5, 0.6) is 5.75 Å². The van der Waals surface area contributed by atoms with E-state index in [1.54, 1.807) is 11.5 Å². The molecule has 0 unspecified atom stereocenters. The molecule has 2 aliphatic heterocycles. The van der Waals surface area contributed by atoms with Crippen molar-refractivity contribution in [2.75, 3.05) is 54.9 Å². The Balaban J connectivity index is 1.26. The van der Waals surface area contributed by atoms with Gasteiger partial charge in [-0.3, -0.25) is 14.4 Å². The number of rotatable bonds is 7. The van der Waals surface area contributed by atoms with Crippen molar-refractivity contribution in [1.29, 1.82) is 0 Å². The molecule has 276 valence electrons. The number of benzene rings is 2. The highest BCUT2D eigenvalue weighted by Gasteiger charge is 2.32. The van der Waals surface area contributed by atoms with Gasteiger partial charge in [-0.1, -0.05) is 18.5 Å². The highest BCUT2D eigenvalue weighted by Crippen LogP contribution is 2.34. The molecule has 0 spiro atoms. The standard InChI is InChI=1S/C35H34ClF3N10O4/c1-4-25-29(46-11-13-47(14-12-46)32(52)28-30(51)19(2)40-18-41-28)33(53)49-34(43-31(44-49)21-5-8-26-20(15-21)9-10-45(26)3)48(25)17-27(50)42-24-7-6-22(16-23(24)36)35(37,38)39/h5-8,15-16,18,51H,4,9-14,17H2,1-3H3,(H,42,50). The van der Waals surface area contributed by atoms with Gasteiger partial charge in [-0.15, -0.1) is 5.10 Å². The number of piperazine rings is 1. The van der Waals surface area contributed by atoms with E-state index in [9.17, 15) is 32.7 Å². The van der Waals surface area contributed by atoms with Crippen LogP contribution in [0.3, 0.4) is 0 Å². The Labute approximate surface area is 305 Å². The van der Waals surface area contributed by atoms with Crippen LogP contribution < -0.4 is 20.7 Å². The van der Waals surface area contributed by atoms with Crippen molar-refractivity contribution in [1.82, 2.24) is 34.0 Å². The van der Waals surface area contributed by atoms with Crippen molar-refractivity contribution in [3.63, 3.8) is 0 Å². The van der Waals surface area contributed by atoms with E-state index in [1.807, 2.05) is 37.1 Å². The van der Waals surface area contributed by atoms with Gasteiger partial charge in [-0.2, -0.15) is 22.7 Å². The predicted molar refractivity (Wildman–Crippen MR) is 191 cm³/mol. The molecule has 18 heteroatoms. The summed E-state index contributed by atoms with van der Waals surface area (Å²) in [6.45, 7) is 4.73. The van der Waals surface area contributed by atoms with Crippen LogP contribution >= 0.6 is 11.6 Å². The number of nitrogens with one attached hydrogen (secondary N) is 1. The number of aromatic nitrogens is 6. The number of carbonyl (C=O) groups excluding carboxylic acids is 2. The lowest BCUT2D eigenvalue weighted by atomic mass is 10.1. The average Bonchev–Trinajstić information content (AvgIpc) is 3.75. The van der Waals surface area contributed by atoms with Crippen LogP contribution in [0.25, 0.3) is 17.2 Å². The van der Waals surface area contributed by atoms with Gasteiger partial charge in [0.15, 0.2) is 17.3 Å². The zero-order valence-corrected chi connectivity index (χ0v) is 29.7. The lowest BCUT2D eigenvalue weighted by Crippen LogP contribution is -2.51. The molecule has 14 nitrogen and oxygen atoms in total. The number of anilines is 3. The van der Waals surface area contributed by atoms with E-state index in [-0.39, 0.29) is 84.3 Å². The van der Waals surface area contributed by atoms with Gasteiger partial charge < -0.3 is 29.7 Å². The molecule has 3 aromatic heterocycles. The highest BCUT2D eigenvalue weighted by molar-refractivity contribution is 6.33. The minimum absolute atomic E-state index is 0.0176. The second-order valence-electron chi connectivity index (χ2n) is 12.9. The number of fused-ring (bicyclic) bond motifs is 2. The minimum atomic E-state index is -4.62. The zero-order valence-electron chi connectivity index (χ0n) is 28.9. The lowest BCUT2D eigenvalue weighted by molar-refractivity contribution is -0.137. The van der Waals surface area contributed by atoms with Crippen molar-refractivity contribution in [2.45, 2.75) is 39.4 Å². The number of aromatic hydroxyl groups is 1. The van der Waals surface area contributed by atoms with E-state index < -0.39 is 29.1 Å². The molecule has 1 saturated heterocycles. The first kappa shape index (κ1) is 35.7. The third-order valence-corrected chi connectivity index (χ3v) is 9.90. The van der Waals surface area contributed by atoms with Gasteiger partial charge in [-0.05, 0) is 61.7 Å². The van der Waals surface area contributed by atoms with Gasteiger partial charge in [-0.25, -0.2) is 9.97 Å². The molecule has 5 heterocycles. The smallest absolute Gasteiger partial charge is 0.416 e. The van der Waals surface area contributed by atoms with E-state index in [2.05, 4.69) is 25.3 Å². The summed E-state index contributed by atoms with van der Waals surface area (Å²) >= 11 is 6.15. The molecule has 0 radical (unpaired) electrons. The Kier molecular flexibility index (Phi) is 9.21. The van der Waals surface area contributed by atoms with E-state index in [0.29, 0.717) is 11.3 Å². The summed E-state index contributed by atoms with van der Waals surface area (Å²) in [6.07, 6.45) is -2.29. The maximum Gasteiger partial charge on any atom is 0.416 e. The van der Waals surface area contributed by atoms with Crippen LogP contribution in [0.4, 0.5) is 30.2 Å². The molecule has 0 bridgehead atoms. The number of hydrogen-bond donors (Lipinski definition) is 2. The molecule has 53 heavy (non-hydrogen) atoms. The maximum absolute atomic E-state index is 14.3. The first-order chi connectivity index (χ1) is 25.2. The number of nitrogens with zero attached hydrogens (tertiary/aromatic N) is 9. The Hall–Kier alpha value is -5.71. The molecule has 5 aromatic rings. The van der Waals surface area contributed by atoms with Crippen LogP contribution in [-0.2, 0) is 30.4 Å². The summed E-state index contributed by atoms with van der Waals surface area (Å²) in [4.78, 5) is 59.3. The van der Waals surface area contributed by atoms with E-state index in [4.69, 9.17) is 16.6 Å². The molecule has 2 aliphatic rings. The van der Waals surface area contributed by atoms with Crippen LogP contribution in [0, 0.1) is 6.92 Å². The Morgan fingerprint density at radius 3 is 2.49 bits per heavy atom. The van der Waals surface area contributed by atoms with Crippen molar-refractivity contribution in [2.24, 2.45) is 0 Å². The first-order valence-electron chi connectivity index (χ1n) is 16.8. The van der Waals surface area contributed by atoms with Crippen LogP contribution in [0.1, 0.15) is 39.9 Å². The summed E-state index contributed by atoms with van der Waals surface area (Å²) < 4.78 is 42.5. The fourth-order valence-corrected chi connectivity index (χ4v) is 7.02. The Morgan fingerprint density at radius 1 is 1.04 bits per heavy atom. The van der Waals surface area contributed by atoms with Gasteiger partial charge in [0.05, 0.1) is 27.7 Å². The second kappa shape index (κ2) is 13.7. The lowest BCUT2D eigenvalue weighted by Gasteiger charge is -2.36. The maximum atomic E-state index is 14.3. The van der Waals surface area contributed by atoms with Gasteiger partial charge >= 0.3 is 6.18 Å². The number of carbonyl (C=O) groups is 2. The van der Waals surface area contributed by atoms with Gasteiger partial charge in [0.25, 0.3) is 11.5 Å². The van der Waals surface area contributed by atoms with E-state index in [0.717, 1.165) is 46.9 Å². The number of alkyl halides is 3. The summed E-state index contributed by atoms with van der Waals surface area (Å²) in [5.74, 6) is -1.03. The third-order valence-electron chi connectivity index (χ3n) is 9.59. The van der Waals surface area contributed by atoms with Crippen molar-refractivity contribution in [3.8, 4) is 17.1 Å². The molecule has 2 amide bonds. The van der Waals surface area contributed by atoms with Crippen LogP contribution in [0.2, 0.25) is 5.02 Å². The minimum Gasteiger partial charge on any atom is -0.504 e. The monoisotopic (exact) mass is 750 g/mol. The van der Waals surface area contributed by atoms with Gasteiger partial charge in [0.1, 0.15) is 18.6 Å². The van der Waals surface area contributed by atoms with Gasteiger partial charge in [0, 0.05) is 51.0 Å². The number of amides is 2. The molecular formula is C35H34ClF3N10O4. The molecule has 0 aliphatic carbocycles. The van der Waals surface area contributed by atoms with Crippen molar-refractivity contribution < 1.29 is 27.9 Å². The average molecular weight is 751 g/mol. The normalized spacial score (nSPS) is 14.6. The van der Waals surface area contributed by atoms with E-state index >= 15 is 0 Å². The second-order valence-corrected chi connectivity index (χ2v) is 13.3. The summed E-state index contributed by atoms with van der Waals surface area (Å²) in [6, 6.07) is 8.48. The summed E-state index contributed by atoms with van der Waals surface area (Å²) in [5, 5.41) is 17.3. The largest absolute Gasteiger partial charge is 0.504 e. The van der Waals surface area contributed by atoms with Crippen molar-refractivity contribution in [3.05, 3.63) is 86.3 Å². The Morgan fingerprint density at radius 2 is 1.79 bits per heavy atom. The molecule has 0 saturated carbocycles. The molecule has 2 N–H and O–H groups in total. The fraction of sp³-hybridized carbons (Fsp3) is 0.343. The molecule has 7 rings (SSSR count). The topological polar surface area (TPSA) is 154 Å². The van der Waals surface area contributed by atoms with Crippen molar-refractivity contribution >= 4 is 46.3 Å². The zero-order chi connectivity index (χ0) is 37.8. The first-order valence-corrected chi connectivity index (χ1v) is 17.2. The molecule has 2 aromatic carbocycles. The number of hydrogen-bond acceptors (Lipinski definition) is 10. The van der Waals surface area contributed by atoms with Gasteiger partial charge in [0.2, 0.25) is 11.7 Å². The quantitative estimate of drug-likeness (QED) is 0.248. The predicted octanol–water partition coefficient (Wildman–Crippen LogP) is 4.19. The number of halogens is 4.